The van der Waals surface area contributed by atoms with Gasteiger partial charge < -0.3 is 10.1 Å². The molecule has 0 aromatic heterocycles. The summed E-state index contributed by atoms with van der Waals surface area (Å²) < 4.78 is 5.77. The van der Waals surface area contributed by atoms with Crippen LogP contribution in [0.5, 0.6) is 5.75 Å². The highest BCUT2D eigenvalue weighted by Crippen LogP contribution is 2.35. The molecule has 112 valence electrons. The summed E-state index contributed by atoms with van der Waals surface area (Å²) in [4.78, 5) is 0. The van der Waals surface area contributed by atoms with Gasteiger partial charge in [0, 0.05) is 12.1 Å². The predicted octanol–water partition coefficient (Wildman–Crippen LogP) is 4.56. The highest BCUT2D eigenvalue weighted by Gasteiger charge is 2.31. The summed E-state index contributed by atoms with van der Waals surface area (Å²) in [7, 11) is 0. The van der Waals surface area contributed by atoms with Crippen LogP contribution in [0.4, 0.5) is 0 Å². The van der Waals surface area contributed by atoms with E-state index < -0.39 is 0 Å². The number of rotatable bonds is 6. The van der Waals surface area contributed by atoms with E-state index in [1.807, 2.05) is 6.07 Å². The molecule has 1 aliphatic rings. The molecule has 1 fully saturated rings. The van der Waals surface area contributed by atoms with Gasteiger partial charge in [-0.25, -0.2) is 0 Å². The van der Waals surface area contributed by atoms with E-state index in [1.54, 1.807) is 0 Å². The van der Waals surface area contributed by atoms with E-state index in [4.69, 9.17) is 4.74 Å². The fourth-order valence-electron chi connectivity index (χ4n) is 2.92. The average Bonchev–Trinajstić information content (AvgIpc) is 2.32. The normalized spacial score (nSPS) is 23.8. The van der Waals surface area contributed by atoms with Crippen molar-refractivity contribution >= 4 is 0 Å². The van der Waals surface area contributed by atoms with Crippen molar-refractivity contribution in [3.8, 4) is 5.75 Å². The van der Waals surface area contributed by atoms with E-state index >= 15 is 0 Å². The van der Waals surface area contributed by atoms with Crippen LogP contribution in [0.25, 0.3) is 0 Å². The largest absolute Gasteiger partial charge is 0.491 e. The topological polar surface area (TPSA) is 21.3 Å². The molecule has 0 spiro atoms. The van der Waals surface area contributed by atoms with Gasteiger partial charge in [-0.05, 0) is 63.1 Å². The van der Waals surface area contributed by atoms with Gasteiger partial charge in [0.1, 0.15) is 5.75 Å². The first kappa shape index (κ1) is 15.4. The molecule has 20 heavy (non-hydrogen) atoms. The van der Waals surface area contributed by atoms with Crippen molar-refractivity contribution in [3.05, 3.63) is 29.8 Å². The number of hydrogen-bond acceptors (Lipinski definition) is 2. The lowest BCUT2D eigenvalue weighted by Gasteiger charge is -2.40. The molecule has 2 rings (SSSR count). The summed E-state index contributed by atoms with van der Waals surface area (Å²) in [5.74, 6) is 2.71. The molecule has 1 atom stereocenters. The number of benzene rings is 1. The second kappa shape index (κ2) is 6.62. The summed E-state index contributed by atoms with van der Waals surface area (Å²) >= 11 is 0. The van der Waals surface area contributed by atoms with E-state index in [2.05, 4.69) is 58.1 Å². The molecule has 0 heterocycles. The van der Waals surface area contributed by atoms with Crippen LogP contribution < -0.4 is 10.1 Å². The van der Waals surface area contributed by atoms with Crippen molar-refractivity contribution in [1.82, 2.24) is 5.32 Å². The van der Waals surface area contributed by atoms with Gasteiger partial charge >= 0.3 is 0 Å². The second-order valence-corrected chi connectivity index (χ2v) is 6.80. The third-order valence-corrected chi connectivity index (χ3v) is 4.33. The van der Waals surface area contributed by atoms with Crippen LogP contribution in [0.15, 0.2) is 24.3 Å². The van der Waals surface area contributed by atoms with E-state index in [0.717, 1.165) is 17.6 Å². The number of hydrogen-bond donors (Lipinski definition) is 1. The molecule has 2 heteroatoms. The van der Waals surface area contributed by atoms with Crippen LogP contribution in [-0.4, -0.2) is 12.1 Å². The molecule has 1 N–H and O–H groups in total. The SMILES string of the molecule is CC(C)Oc1cccc(C(C)NC2CC(C(C)C)C2)c1. The van der Waals surface area contributed by atoms with E-state index in [9.17, 15) is 0 Å². The third-order valence-electron chi connectivity index (χ3n) is 4.33. The molecule has 1 aliphatic carbocycles. The summed E-state index contributed by atoms with van der Waals surface area (Å²) in [5, 5.41) is 3.74. The zero-order valence-corrected chi connectivity index (χ0v) is 13.5. The summed E-state index contributed by atoms with van der Waals surface area (Å²) in [6.07, 6.45) is 2.88. The van der Waals surface area contributed by atoms with Gasteiger partial charge in [-0.1, -0.05) is 26.0 Å². The monoisotopic (exact) mass is 275 g/mol. The van der Waals surface area contributed by atoms with Gasteiger partial charge in [0.05, 0.1) is 6.10 Å². The minimum atomic E-state index is 0.229. The fraction of sp³-hybridized carbons (Fsp3) is 0.667. The van der Waals surface area contributed by atoms with Crippen LogP contribution in [-0.2, 0) is 0 Å². The van der Waals surface area contributed by atoms with Crippen molar-refractivity contribution < 1.29 is 4.74 Å². The molecule has 1 unspecified atom stereocenters. The van der Waals surface area contributed by atoms with E-state index in [1.165, 1.54) is 18.4 Å². The lowest BCUT2D eigenvalue weighted by Crippen LogP contribution is -2.43. The predicted molar refractivity (Wildman–Crippen MR) is 85.1 cm³/mol. The smallest absolute Gasteiger partial charge is 0.120 e. The van der Waals surface area contributed by atoms with Crippen LogP contribution in [0.3, 0.4) is 0 Å². The first-order chi connectivity index (χ1) is 9.45. The lowest BCUT2D eigenvalue weighted by atomic mass is 9.73. The average molecular weight is 275 g/mol. The number of nitrogens with one attached hydrogen (secondary N) is 1. The van der Waals surface area contributed by atoms with Gasteiger partial charge in [0.25, 0.3) is 0 Å². The second-order valence-electron chi connectivity index (χ2n) is 6.80. The van der Waals surface area contributed by atoms with Crippen LogP contribution in [0.2, 0.25) is 0 Å². The van der Waals surface area contributed by atoms with Crippen LogP contribution >= 0.6 is 0 Å². The van der Waals surface area contributed by atoms with E-state index in [0.29, 0.717) is 12.1 Å². The Bertz CT molecular complexity index is 421. The highest BCUT2D eigenvalue weighted by atomic mass is 16.5. The molecule has 1 aromatic rings. The van der Waals surface area contributed by atoms with Crippen LogP contribution in [0, 0.1) is 11.8 Å². The van der Waals surface area contributed by atoms with Gasteiger partial charge in [0.2, 0.25) is 0 Å². The Balaban J connectivity index is 1.88. The Morgan fingerprint density at radius 1 is 1.10 bits per heavy atom. The van der Waals surface area contributed by atoms with Gasteiger partial charge in [0.15, 0.2) is 0 Å². The van der Waals surface area contributed by atoms with Gasteiger partial charge in [-0.15, -0.1) is 0 Å². The molecule has 0 bridgehead atoms. The maximum Gasteiger partial charge on any atom is 0.120 e. The summed E-state index contributed by atoms with van der Waals surface area (Å²) in [6.45, 7) is 11.0. The fourth-order valence-corrected chi connectivity index (χ4v) is 2.92. The molecule has 2 nitrogen and oxygen atoms in total. The Morgan fingerprint density at radius 2 is 1.80 bits per heavy atom. The summed E-state index contributed by atoms with van der Waals surface area (Å²) in [6, 6.07) is 9.55. The molecule has 0 radical (unpaired) electrons. The Kier molecular flexibility index (Phi) is 5.09. The molecule has 0 saturated heterocycles. The van der Waals surface area contributed by atoms with Gasteiger partial charge in [-0.3, -0.25) is 0 Å². The van der Waals surface area contributed by atoms with Crippen molar-refractivity contribution in [2.24, 2.45) is 11.8 Å². The highest BCUT2D eigenvalue weighted by molar-refractivity contribution is 5.30. The zero-order valence-electron chi connectivity index (χ0n) is 13.5. The maximum atomic E-state index is 5.77. The quantitative estimate of drug-likeness (QED) is 0.822. The van der Waals surface area contributed by atoms with Crippen molar-refractivity contribution in [3.63, 3.8) is 0 Å². The molecule has 1 aromatic carbocycles. The standard InChI is InChI=1S/C18H29NO/c1-12(2)16-9-17(10-16)19-14(5)15-7-6-8-18(11-15)20-13(3)4/h6-8,11-14,16-17,19H,9-10H2,1-5H3. The van der Waals surface area contributed by atoms with Gasteiger partial charge in [-0.2, -0.15) is 0 Å². The first-order valence-corrected chi connectivity index (χ1v) is 7.98. The Labute approximate surface area is 123 Å². The zero-order chi connectivity index (χ0) is 14.7. The first-order valence-electron chi connectivity index (χ1n) is 7.98. The Morgan fingerprint density at radius 3 is 2.40 bits per heavy atom. The Hall–Kier alpha value is -1.02. The number of ether oxygens (including phenoxy) is 1. The van der Waals surface area contributed by atoms with E-state index in [-0.39, 0.29) is 6.10 Å². The maximum absolute atomic E-state index is 5.77. The molecule has 0 aliphatic heterocycles. The summed E-state index contributed by atoms with van der Waals surface area (Å²) in [5.41, 5.74) is 1.32. The van der Waals surface area contributed by atoms with Crippen molar-refractivity contribution in [1.29, 1.82) is 0 Å². The molecular weight excluding hydrogens is 246 g/mol. The van der Waals surface area contributed by atoms with Crippen molar-refractivity contribution in [2.45, 2.75) is 65.6 Å². The lowest BCUT2D eigenvalue weighted by molar-refractivity contribution is 0.159. The molecular formula is C18H29NO. The molecule has 1 saturated carbocycles. The molecule has 0 amide bonds. The third kappa shape index (κ3) is 3.99. The van der Waals surface area contributed by atoms with Crippen molar-refractivity contribution in [2.75, 3.05) is 0 Å². The minimum absolute atomic E-state index is 0.229. The van der Waals surface area contributed by atoms with Crippen LogP contribution in [0.1, 0.15) is 59.1 Å². The minimum Gasteiger partial charge on any atom is -0.491 e.